The van der Waals surface area contributed by atoms with Gasteiger partial charge in [-0.3, -0.25) is 0 Å². The second-order valence-electron chi connectivity index (χ2n) is 4.58. The molecule has 21 heavy (non-hydrogen) atoms. The number of aromatic nitrogens is 1. The Morgan fingerprint density at radius 2 is 1.86 bits per heavy atom. The summed E-state index contributed by atoms with van der Waals surface area (Å²) in [6.07, 6.45) is 1.30. The van der Waals surface area contributed by atoms with Crippen molar-refractivity contribution in [1.29, 1.82) is 0 Å². The van der Waals surface area contributed by atoms with Crippen LogP contribution in [0.2, 0.25) is 0 Å². The highest BCUT2D eigenvalue weighted by molar-refractivity contribution is 5.88. The normalized spacial score (nSPS) is 11.0. The molecule has 0 saturated carbocycles. The van der Waals surface area contributed by atoms with Crippen LogP contribution < -0.4 is 4.74 Å². The first-order valence-corrected chi connectivity index (χ1v) is 6.61. The Morgan fingerprint density at radius 1 is 1.00 bits per heavy atom. The van der Waals surface area contributed by atoms with Crippen molar-refractivity contribution >= 4 is 17.1 Å². The fraction of sp³-hybridized carbons (Fsp3) is 0.0588. The fourth-order valence-corrected chi connectivity index (χ4v) is 2.12. The van der Waals surface area contributed by atoms with E-state index in [1.54, 1.807) is 6.07 Å². The van der Waals surface area contributed by atoms with Crippen LogP contribution in [0.3, 0.4) is 0 Å². The Balaban J connectivity index is 1.92. The van der Waals surface area contributed by atoms with Crippen LogP contribution in [0.4, 0.5) is 0 Å². The number of hydrogen-bond acceptors (Lipinski definition) is 4. The number of pyridine rings is 1. The highest BCUT2D eigenvalue weighted by Gasteiger charge is 2.05. The van der Waals surface area contributed by atoms with Gasteiger partial charge in [-0.1, -0.05) is 53.7 Å². The molecule has 1 heterocycles. The van der Waals surface area contributed by atoms with Gasteiger partial charge in [-0.25, -0.2) is 4.98 Å². The first-order valence-electron chi connectivity index (χ1n) is 6.61. The molecule has 3 rings (SSSR count). The first-order chi connectivity index (χ1) is 10.4. The molecule has 1 aromatic heterocycles. The van der Waals surface area contributed by atoms with Gasteiger partial charge in [-0.05, 0) is 17.7 Å². The van der Waals surface area contributed by atoms with Crippen molar-refractivity contribution in [2.75, 3.05) is 0 Å². The lowest BCUT2D eigenvalue weighted by atomic mass is 10.2. The summed E-state index contributed by atoms with van der Waals surface area (Å²) in [4.78, 5) is 4.44. The molecule has 0 atom stereocenters. The number of ether oxygens (including phenoxy) is 1. The van der Waals surface area contributed by atoms with E-state index in [0.717, 1.165) is 16.5 Å². The van der Waals surface area contributed by atoms with E-state index in [1.165, 1.54) is 6.21 Å². The molecule has 4 heteroatoms. The molecule has 3 aromatic rings. The second-order valence-corrected chi connectivity index (χ2v) is 4.58. The topological polar surface area (TPSA) is 54.7 Å². The molecule has 0 radical (unpaired) electrons. The van der Waals surface area contributed by atoms with Crippen molar-refractivity contribution < 1.29 is 9.94 Å². The van der Waals surface area contributed by atoms with Crippen molar-refractivity contribution in [1.82, 2.24) is 4.98 Å². The van der Waals surface area contributed by atoms with Gasteiger partial charge in [0.05, 0.1) is 11.9 Å². The van der Waals surface area contributed by atoms with Gasteiger partial charge in [0.2, 0.25) is 0 Å². The third kappa shape index (κ3) is 3.00. The molecule has 0 saturated heterocycles. The first kappa shape index (κ1) is 13.1. The molecule has 0 spiro atoms. The summed E-state index contributed by atoms with van der Waals surface area (Å²) in [6, 6.07) is 19.5. The van der Waals surface area contributed by atoms with E-state index >= 15 is 0 Å². The zero-order valence-corrected chi connectivity index (χ0v) is 11.3. The number of hydrogen-bond donors (Lipinski definition) is 1. The van der Waals surface area contributed by atoms with Crippen molar-refractivity contribution in [2.24, 2.45) is 5.16 Å². The Bertz CT molecular complexity index is 770. The van der Waals surface area contributed by atoms with E-state index in [-0.39, 0.29) is 0 Å². The summed E-state index contributed by atoms with van der Waals surface area (Å²) in [5, 5.41) is 12.6. The largest absolute Gasteiger partial charge is 0.487 e. The van der Waals surface area contributed by atoms with Crippen LogP contribution in [0.25, 0.3) is 10.9 Å². The molecule has 0 fully saturated rings. The lowest BCUT2D eigenvalue weighted by Crippen LogP contribution is -1.97. The minimum absolute atomic E-state index is 0.486. The second kappa shape index (κ2) is 6.05. The van der Waals surface area contributed by atoms with Crippen LogP contribution in [0.15, 0.2) is 65.8 Å². The zero-order valence-electron chi connectivity index (χ0n) is 11.3. The average molecular weight is 278 g/mol. The number of nitrogens with zero attached hydrogens (tertiary/aromatic N) is 2. The Kier molecular flexibility index (Phi) is 3.78. The van der Waals surface area contributed by atoms with E-state index in [9.17, 15) is 0 Å². The van der Waals surface area contributed by atoms with Gasteiger partial charge in [0.15, 0.2) is 0 Å². The third-order valence-corrected chi connectivity index (χ3v) is 3.13. The van der Waals surface area contributed by atoms with E-state index < -0.39 is 0 Å². The molecule has 1 N–H and O–H groups in total. The molecule has 0 aliphatic heterocycles. The molecule has 0 aliphatic carbocycles. The Hall–Kier alpha value is -2.88. The zero-order chi connectivity index (χ0) is 14.5. The third-order valence-electron chi connectivity index (χ3n) is 3.13. The maximum Gasteiger partial charge on any atom is 0.146 e. The summed E-state index contributed by atoms with van der Waals surface area (Å²) in [5.74, 6) is 0.713. The molecule has 0 unspecified atom stereocenters. The predicted molar refractivity (Wildman–Crippen MR) is 81.9 cm³/mol. The average Bonchev–Trinajstić information content (AvgIpc) is 2.54. The minimum Gasteiger partial charge on any atom is -0.487 e. The quantitative estimate of drug-likeness (QED) is 0.450. The van der Waals surface area contributed by atoms with Crippen molar-refractivity contribution in [3.8, 4) is 5.75 Å². The summed E-state index contributed by atoms with van der Waals surface area (Å²) < 4.78 is 5.87. The number of oxime groups is 1. The van der Waals surface area contributed by atoms with E-state index in [4.69, 9.17) is 9.94 Å². The summed E-state index contributed by atoms with van der Waals surface area (Å²) >= 11 is 0. The van der Waals surface area contributed by atoms with Crippen molar-refractivity contribution in [3.63, 3.8) is 0 Å². The number of fused-ring (bicyclic) bond motifs is 1. The van der Waals surface area contributed by atoms with Gasteiger partial charge in [-0.15, -0.1) is 0 Å². The SMILES string of the molecule is O/N=C\c1ccc2cccc(OCc3ccccc3)c2n1. The molecule has 0 bridgehead atoms. The van der Waals surface area contributed by atoms with E-state index in [1.807, 2.05) is 54.6 Å². The maximum atomic E-state index is 8.61. The molecule has 2 aromatic carbocycles. The van der Waals surface area contributed by atoms with Crippen LogP contribution in [0.1, 0.15) is 11.3 Å². The molecule has 4 nitrogen and oxygen atoms in total. The van der Waals surface area contributed by atoms with Crippen LogP contribution in [-0.4, -0.2) is 16.4 Å². The number of para-hydroxylation sites is 1. The summed E-state index contributed by atoms with van der Waals surface area (Å²) in [6.45, 7) is 0.486. The van der Waals surface area contributed by atoms with Gasteiger partial charge < -0.3 is 9.94 Å². The monoisotopic (exact) mass is 278 g/mol. The van der Waals surface area contributed by atoms with Crippen LogP contribution in [-0.2, 0) is 6.61 Å². The number of rotatable bonds is 4. The van der Waals surface area contributed by atoms with E-state index in [0.29, 0.717) is 18.1 Å². The van der Waals surface area contributed by atoms with Crippen LogP contribution in [0, 0.1) is 0 Å². The highest BCUT2D eigenvalue weighted by atomic mass is 16.5. The van der Waals surface area contributed by atoms with Gasteiger partial charge in [-0.2, -0.15) is 0 Å². The Morgan fingerprint density at radius 3 is 2.67 bits per heavy atom. The molecule has 104 valence electrons. The van der Waals surface area contributed by atoms with Gasteiger partial charge >= 0.3 is 0 Å². The summed E-state index contributed by atoms with van der Waals surface area (Å²) in [5.41, 5.74) is 2.44. The smallest absolute Gasteiger partial charge is 0.146 e. The maximum absolute atomic E-state index is 8.61. The minimum atomic E-state index is 0.486. The van der Waals surface area contributed by atoms with E-state index in [2.05, 4.69) is 10.1 Å². The lowest BCUT2D eigenvalue weighted by Gasteiger charge is -2.09. The molecular weight excluding hydrogens is 264 g/mol. The standard InChI is InChI=1S/C17H14N2O2/c20-18-11-15-10-9-14-7-4-8-16(17(14)19-15)21-12-13-5-2-1-3-6-13/h1-11,20H,12H2/b18-11-. The lowest BCUT2D eigenvalue weighted by molar-refractivity contribution is 0.309. The fourth-order valence-electron chi connectivity index (χ4n) is 2.12. The predicted octanol–water partition coefficient (Wildman–Crippen LogP) is 3.62. The molecule has 0 amide bonds. The van der Waals surface area contributed by atoms with Crippen molar-refractivity contribution in [3.05, 3.63) is 71.9 Å². The molecule has 0 aliphatic rings. The summed E-state index contributed by atoms with van der Waals surface area (Å²) in [7, 11) is 0. The molecular formula is C17H14N2O2. The van der Waals surface area contributed by atoms with Crippen molar-refractivity contribution in [2.45, 2.75) is 6.61 Å². The number of benzene rings is 2. The van der Waals surface area contributed by atoms with Gasteiger partial charge in [0.25, 0.3) is 0 Å². The highest BCUT2D eigenvalue weighted by Crippen LogP contribution is 2.24. The van der Waals surface area contributed by atoms with Crippen LogP contribution in [0.5, 0.6) is 5.75 Å². The Labute approximate surface area is 122 Å². The van der Waals surface area contributed by atoms with Gasteiger partial charge in [0, 0.05) is 5.39 Å². The van der Waals surface area contributed by atoms with Gasteiger partial charge in [0.1, 0.15) is 17.9 Å². The van der Waals surface area contributed by atoms with Crippen LogP contribution >= 0.6 is 0 Å².